The van der Waals surface area contributed by atoms with Crippen molar-refractivity contribution in [1.82, 2.24) is 19.8 Å². The third kappa shape index (κ3) is 3.73. The Morgan fingerprint density at radius 3 is 2.84 bits per heavy atom. The fourth-order valence-corrected chi connectivity index (χ4v) is 4.39. The lowest BCUT2D eigenvalue weighted by molar-refractivity contribution is -0.0248. The van der Waals surface area contributed by atoms with E-state index in [1.165, 1.54) is 5.56 Å². The smallest absolute Gasteiger partial charge is 0.0639 e. The summed E-state index contributed by atoms with van der Waals surface area (Å²) in [6.45, 7) is 5.16. The number of ether oxygens (including phenoxy) is 1. The number of aromatic nitrogens is 2. The number of hydrogen-bond donors (Lipinski definition) is 0. The second-order valence-corrected chi connectivity index (χ2v) is 7.14. The SMILES string of the molecule is CO[C@@H]1CCN(Cc2ccccn2)[C@@H]2CN(Cc3cccnc3)C[C@@H]21. The van der Waals surface area contributed by atoms with Crippen LogP contribution in [0.1, 0.15) is 17.7 Å². The van der Waals surface area contributed by atoms with E-state index in [4.69, 9.17) is 4.74 Å². The van der Waals surface area contributed by atoms with Crippen LogP contribution in [0.2, 0.25) is 0 Å². The van der Waals surface area contributed by atoms with Gasteiger partial charge in [0.05, 0.1) is 11.8 Å². The number of piperidine rings is 1. The maximum Gasteiger partial charge on any atom is 0.0639 e. The van der Waals surface area contributed by atoms with E-state index in [2.05, 4.69) is 38.0 Å². The van der Waals surface area contributed by atoms with Crippen molar-refractivity contribution in [1.29, 1.82) is 0 Å². The molecule has 5 heteroatoms. The minimum absolute atomic E-state index is 0.365. The molecule has 3 atom stereocenters. The first-order chi connectivity index (χ1) is 12.3. The Bertz CT molecular complexity index is 666. The van der Waals surface area contributed by atoms with Crippen molar-refractivity contribution in [2.24, 2.45) is 5.92 Å². The number of likely N-dealkylation sites (tertiary alicyclic amines) is 2. The van der Waals surface area contributed by atoms with Gasteiger partial charge in [-0.15, -0.1) is 0 Å². The van der Waals surface area contributed by atoms with E-state index in [-0.39, 0.29) is 0 Å². The van der Waals surface area contributed by atoms with Crippen molar-refractivity contribution in [2.45, 2.75) is 31.7 Å². The van der Waals surface area contributed by atoms with Gasteiger partial charge < -0.3 is 4.74 Å². The molecule has 2 aromatic heterocycles. The molecule has 0 radical (unpaired) electrons. The van der Waals surface area contributed by atoms with E-state index in [0.29, 0.717) is 18.1 Å². The lowest BCUT2D eigenvalue weighted by Gasteiger charge is -2.41. The number of pyridine rings is 2. The summed E-state index contributed by atoms with van der Waals surface area (Å²) in [5.74, 6) is 0.569. The molecule has 2 aliphatic rings. The fraction of sp³-hybridized carbons (Fsp3) is 0.500. The zero-order valence-corrected chi connectivity index (χ0v) is 14.8. The zero-order valence-electron chi connectivity index (χ0n) is 14.8. The van der Waals surface area contributed by atoms with Crippen LogP contribution in [0.15, 0.2) is 48.9 Å². The third-order valence-electron chi connectivity index (χ3n) is 5.58. The van der Waals surface area contributed by atoms with Crippen LogP contribution in [0.4, 0.5) is 0 Å². The Morgan fingerprint density at radius 2 is 2.08 bits per heavy atom. The number of fused-ring (bicyclic) bond motifs is 1. The Hall–Kier alpha value is -1.82. The van der Waals surface area contributed by atoms with Crippen molar-refractivity contribution in [3.05, 3.63) is 60.2 Å². The lowest BCUT2D eigenvalue weighted by atomic mass is 9.89. The van der Waals surface area contributed by atoms with Gasteiger partial charge in [-0.05, 0) is 30.2 Å². The fourth-order valence-electron chi connectivity index (χ4n) is 4.39. The second kappa shape index (κ2) is 7.60. The van der Waals surface area contributed by atoms with Gasteiger partial charge in [0, 0.05) is 70.4 Å². The van der Waals surface area contributed by atoms with E-state index < -0.39 is 0 Å². The predicted octanol–water partition coefficient (Wildman–Crippen LogP) is 2.20. The molecule has 0 N–H and O–H groups in total. The van der Waals surface area contributed by atoms with Crippen molar-refractivity contribution in [2.75, 3.05) is 26.7 Å². The number of nitrogens with zero attached hydrogens (tertiary/aromatic N) is 4. The molecule has 0 bridgehead atoms. The first-order valence-electron chi connectivity index (χ1n) is 9.11. The summed E-state index contributed by atoms with van der Waals surface area (Å²) in [6, 6.07) is 10.9. The highest BCUT2D eigenvalue weighted by Crippen LogP contribution is 2.33. The van der Waals surface area contributed by atoms with Crippen molar-refractivity contribution < 1.29 is 4.74 Å². The molecule has 4 heterocycles. The zero-order chi connectivity index (χ0) is 17.1. The van der Waals surface area contributed by atoms with Gasteiger partial charge >= 0.3 is 0 Å². The summed E-state index contributed by atoms with van der Waals surface area (Å²) >= 11 is 0. The van der Waals surface area contributed by atoms with Gasteiger partial charge in [-0.3, -0.25) is 19.8 Å². The standard InChI is InChI=1S/C20H26N4O/c1-25-20-7-10-24(13-17-6-2-3-9-22-17)19-15-23(14-18(19)20)12-16-5-4-8-21-11-16/h2-6,8-9,11,18-20H,7,10,12-15H2,1H3/t18-,19+,20+/m0/s1. The molecule has 0 spiro atoms. The molecule has 0 unspecified atom stereocenters. The van der Waals surface area contributed by atoms with Crippen LogP contribution in [-0.4, -0.2) is 58.7 Å². The molecule has 0 aromatic carbocycles. The molecule has 0 amide bonds. The molecule has 5 nitrogen and oxygen atoms in total. The van der Waals surface area contributed by atoms with Crippen LogP contribution >= 0.6 is 0 Å². The molecule has 4 rings (SSSR count). The van der Waals surface area contributed by atoms with Gasteiger partial charge in [0.25, 0.3) is 0 Å². The van der Waals surface area contributed by atoms with Crippen LogP contribution < -0.4 is 0 Å². The van der Waals surface area contributed by atoms with Crippen LogP contribution in [0, 0.1) is 5.92 Å². The Kier molecular flexibility index (Phi) is 5.06. The average molecular weight is 338 g/mol. The molecule has 2 aromatic rings. The normalized spacial score (nSPS) is 27.3. The molecule has 25 heavy (non-hydrogen) atoms. The summed E-state index contributed by atoms with van der Waals surface area (Å²) in [7, 11) is 1.86. The highest BCUT2D eigenvalue weighted by molar-refractivity contribution is 5.10. The number of rotatable bonds is 5. The maximum absolute atomic E-state index is 5.82. The molecule has 132 valence electrons. The molecular weight excluding hydrogens is 312 g/mol. The minimum atomic E-state index is 0.365. The van der Waals surface area contributed by atoms with E-state index in [9.17, 15) is 0 Å². The lowest BCUT2D eigenvalue weighted by Crippen LogP contribution is -2.50. The summed E-state index contributed by atoms with van der Waals surface area (Å²) in [5, 5.41) is 0. The summed E-state index contributed by atoms with van der Waals surface area (Å²) in [5.41, 5.74) is 2.44. The first kappa shape index (κ1) is 16.6. The van der Waals surface area contributed by atoms with Gasteiger partial charge in [0.2, 0.25) is 0 Å². The Morgan fingerprint density at radius 1 is 1.12 bits per heavy atom. The molecular formula is C20H26N4O. The van der Waals surface area contributed by atoms with Crippen LogP contribution in [0.3, 0.4) is 0 Å². The van der Waals surface area contributed by atoms with Crippen molar-refractivity contribution >= 4 is 0 Å². The minimum Gasteiger partial charge on any atom is -0.381 e. The van der Waals surface area contributed by atoms with Gasteiger partial charge in [0.1, 0.15) is 0 Å². The predicted molar refractivity (Wildman–Crippen MR) is 96.9 cm³/mol. The monoisotopic (exact) mass is 338 g/mol. The topological polar surface area (TPSA) is 41.5 Å². The van der Waals surface area contributed by atoms with Crippen molar-refractivity contribution in [3.63, 3.8) is 0 Å². The molecule has 2 saturated heterocycles. The number of hydrogen-bond acceptors (Lipinski definition) is 5. The summed E-state index contributed by atoms with van der Waals surface area (Å²) in [6.07, 6.45) is 7.16. The molecule has 2 aliphatic heterocycles. The van der Waals surface area contributed by atoms with Crippen molar-refractivity contribution in [3.8, 4) is 0 Å². The highest BCUT2D eigenvalue weighted by atomic mass is 16.5. The Balaban J connectivity index is 1.47. The largest absolute Gasteiger partial charge is 0.381 e. The Labute approximate surface area is 149 Å². The quantitative estimate of drug-likeness (QED) is 0.836. The first-order valence-corrected chi connectivity index (χ1v) is 9.11. The van der Waals surface area contributed by atoms with E-state index in [1.54, 1.807) is 0 Å². The van der Waals surface area contributed by atoms with Crippen LogP contribution in [0.5, 0.6) is 0 Å². The van der Waals surface area contributed by atoms with E-state index in [1.807, 2.05) is 37.8 Å². The molecule has 2 fully saturated rings. The molecule has 0 saturated carbocycles. The third-order valence-corrected chi connectivity index (χ3v) is 5.58. The summed E-state index contributed by atoms with van der Waals surface area (Å²) < 4.78 is 5.82. The van der Waals surface area contributed by atoms with E-state index >= 15 is 0 Å². The molecule has 0 aliphatic carbocycles. The van der Waals surface area contributed by atoms with Gasteiger partial charge in [-0.1, -0.05) is 12.1 Å². The van der Waals surface area contributed by atoms with Gasteiger partial charge in [-0.2, -0.15) is 0 Å². The highest BCUT2D eigenvalue weighted by Gasteiger charge is 2.44. The van der Waals surface area contributed by atoms with Crippen LogP contribution in [0.25, 0.3) is 0 Å². The van der Waals surface area contributed by atoms with Gasteiger partial charge in [-0.25, -0.2) is 0 Å². The van der Waals surface area contributed by atoms with E-state index in [0.717, 1.165) is 44.8 Å². The number of methoxy groups -OCH3 is 1. The van der Waals surface area contributed by atoms with Crippen LogP contribution in [-0.2, 0) is 17.8 Å². The second-order valence-electron chi connectivity index (χ2n) is 7.14. The summed E-state index contributed by atoms with van der Waals surface area (Å²) in [4.78, 5) is 13.9. The average Bonchev–Trinajstić information content (AvgIpc) is 3.08. The maximum atomic E-state index is 5.82. The van der Waals surface area contributed by atoms with Gasteiger partial charge in [0.15, 0.2) is 0 Å².